The van der Waals surface area contributed by atoms with E-state index in [0.717, 1.165) is 27.9 Å². The number of amides is 1. The minimum Gasteiger partial charge on any atom is -0.301 e. The number of thiazole rings is 1. The zero-order valence-electron chi connectivity index (χ0n) is 15.6. The van der Waals surface area contributed by atoms with Gasteiger partial charge in [-0.25, -0.2) is 17.8 Å². The van der Waals surface area contributed by atoms with Gasteiger partial charge in [0, 0.05) is 0 Å². The number of halogens is 1. The normalized spacial score (nSPS) is 13.0. The summed E-state index contributed by atoms with van der Waals surface area (Å²) in [6, 6.07) is 9.69. The third kappa shape index (κ3) is 4.37. The Kier molecular flexibility index (Phi) is 5.78. The number of sulfonamides is 1. The molecule has 0 bridgehead atoms. The van der Waals surface area contributed by atoms with Crippen LogP contribution in [-0.2, 0) is 14.8 Å². The molecule has 0 spiro atoms. The molecule has 28 heavy (non-hydrogen) atoms. The Labute approximate surface area is 166 Å². The summed E-state index contributed by atoms with van der Waals surface area (Å²) in [5, 5.41) is 3.04. The largest absolute Gasteiger partial charge is 0.301 e. The van der Waals surface area contributed by atoms with E-state index >= 15 is 0 Å². The van der Waals surface area contributed by atoms with E-state index in [2.05, 4.69) is 15.0 Å². The number of anilines is 1. The van der Waals surface area contributed by atoms with Crippen LogP contribution >= 0.6 is 11.3 Å². The smallest absolute Gasteiger partial charge is 0.244 e. The lowest BCUT2D eigenvalue weighted by Crippen LogP contribution is -2.47. The number of fused-ring (bicyclic) bond motifs is 1. The number of benzene rings is 2. The van der Waals surface area contributed by atoms with Crippen LogP contribution in [0.3, 0.4) is 0 Å². The zero-order valence-corrected chi connectivity index (χ0v) is 17.2. The maximum absolute atomic E-state index is 13.9. The molecule has 1 aromatic heterocycles. The first-order valence-electron chi connectivity index (χ1n) is 8.62. The second-order valence-corrected chi connectivity index (χ2v) is 9.47. The number of aryl methyl sites for hydroxylation is 1. The average Bonchev–Trinajstić information content (AvgIpc) is 3.00. The van der Waals surface area contributed by atoms with E-state index in [9.17, 15) is 17.6 Å². The van der Waals surface area contributed by atoms with Crippen molar-refractivity contribution in [2.45, 2.75) is 31.7 Å². The first-order chi connectivity index (χ1) is 13.2. The van der Waals surface area contributed by atoms with Gasteiger partial charge in [-0.1, -0.05) is 43.4 Å². The van der Waals surface area contributed by atoms with Gasteiger partial charge < -0.3 is 5.32 Å². The van der Waals surface area contributed by atoms with Crippen molar-refractivity contribution in [3.8, 4) is 0 Å². The van der Waals surface area contributed by atoms with Crippen molar-refractivity contribution in [3.63, 3.8) is 0 Å². The van der Waals surface area contributed by atoms with Gasteiger partial charge in [0.25, 0.3) is 0 Å². The first-order valence-corrected chi connectivity index (χ1v) is 10.9. The highest BCUT2D eigenvalue weighted by atomic mass is 32.2. The highest BCUT2D eigenvalue weighted by molar-refractivity contribution is 7.89. The number of carbonyl (C=O) groups is 1. The maximum atomic E-state index is 13.9. The minimum absolute atomic E-state index is 0.363. The summed E-state index contributed by atoms with van der Waals surface area (Å²) in [6.45, 7) is 5.37. The summed E-state index contributed by atoms with van der Waals surface area (Å²) in [5.74, 6) is -1.79. The van der Waals surface area contributed by atoms with Crippen LogP contribution < -0.4 is 10.0 Å². The SMILES string of the molecule is Cc1ccc2nc(NC(=O)[C@@H](NS(=O)(=O)c3ccccc3F)C(C)C)sc2c1. The van der Waals surface area contributed by atoms with Gasteiger partial charge in [-0.15, -0.1) is 0 Å². The predicted octanol–water partition coefficient (Wildman–Crippen LogP) is 3.69. The van der Waals surface area contributed by atoms with E-state index < -0.39 is 32.7 Å². The van der Waals surface area contributed by atoms with Crippen LogP contribution in [0.4, 0.5) is 9.52 Å². The zero-order chi connectivity index (χ0) is 20.5. The number of nitrogens with zero attached hydrogens (tertiary/aromatic N) is 1. The summed E-state index contributed by atoms with van der Waals surface area (Å²) in [7, 11) is -4.21. The monoisotopic (exact) mass is 421 g/mol. The van der Waals surface area contributed by atoms with E-state index in [-0.39, 0.29) is 5.92 Å². The van der Waals surface area contributed by atoms with Crippen molar-refractivity contribution < 1.29 is 17.6 Å². The fraction of sp³-hybridized carbons (Fsp3) is 0.263. The molecule has 6 nitrogen and oxygen atoms in total. The van der Waals surface area contributed by atoms with Gasteiger partial charge in [-0.2, -0.15) is 4.72 Å². The number of hydrogen-bond donors (Lipinski definition) is 2. The van der Waals surface area contributed by atoms with E-state index in [1.165, 1.54) is 23.5 Å². The number of rotatable bonds is 6. The molecular weight excluding hydrogens is 401 g/mol. The topological polar surface area (TPSA) is 88.2 Å². The number of carbonyl (C=O) groups excluding carboxylic acids is 1. The van der Waals surface area contributed by atoms with Gasteiger partial charge in [0.15, 0.2) is 5.13 Å². The van der Waals surface area contributed by atoms with Gasteiger partial charge in [0.1, 0.15) is 16.8 Å². The molecule has 3 aromatic rings. The first kappa shape index (κ1) is 20.4. The molecule has 1 heterocycles. The van der Waals surface area contributed by atoms with E-state index in [1.807, 2.05) is 25.1 Å². The van der Waals surface area contributed by atoms with Crippen LogP contribution in [0.25, 0.3) is 10.2 Å². The fourth-order valence-corrected chi connectivity index (χ4v) is 5.04. The van der Waals surface area contributed by atoms with Crippen molar-refractivity contribution in [1.29, 1.82) is 0 Å². The van der Waals surface area contributed by atoms with Crippen LogP contribution in [0.5, 0.6) is 0 Å². The second-order valence-electron chi connectivity index (χ2n) is 6.75. The minimum atomic E-state index is -4.21. The van der Waals surface area contributed by atoms with E-state index in [4.69, 9.17) is 0 Å². The van der Waals surface area contributed by atoms with Crippen molar-refractivity contribution in [2.24, 2.45) is 5.92 Å². The highest BCUT2D eigenvalue weighted by Gasteiger charge is 2.30. The molecular formula is C19H20FN3O3S2. The van der Waals surface area contributed by atoms with Crippen LogP contribution in [0, 0.1) is 18.7 Å². The van der Waals surface area contributed by atoms with Crippen molar-refractivity contribution in [3.05, 3.63) is 53.8 Å². The van der Waals surface area contributed by atoms with Crippen LogP contribution in [0.15, 0.2) is 47.4 Å². The molecule has 0 unspecified atom stereocenters. The third-order valence-electron chi connectivity index (χ3n) is 4.13. The molecule has 2 aromatic carbocycles. The molecule has 0 saturated carbocycles. The Morgan fingerprint density at radius 2 is 1.89 bits per heavy atom. The average molecular weight is 422 g/mol. The predicted molar refractivity (Wildman–Crippen MR) is 108 cm³/mol. The Hall–Kier alpha value is -2.36. The molecule has 9 heteroatoms. The Balaban J connectivity index is 1.83. The van der Waals surface area contributed by atoms with Crippen LogP contribution in [0.2, 0.25) is 0 Å². The van der Waals surface area contributed by atoms with Gasteiger partial charge in [-0.3, -0.25) is 4.79 Å². The lowest BCUT2D eigenvalue weighted by Gasteiger charge is -2.21. The summed E-state index contributed by atoms with van der Waals surface area (Å²) < 4.78 is 42.3. The van der Waals surface area contributed by atoms with Crippen molar-refractivity contribution >= 4 is 42.6 Å². The molecule has 1 amide bonds. The summed E-state index contributed by atoms with van der Waals surface area (Å²) >= 11 is 1.31. The maximum Gasteiger partial charge on any atom is 0.244 e. The summed E-state index contributed by atoms with van der Waals surface area (Å²) in [6.07, 6.45) is 0. The van der Waals surface area contributed by atoms with Gasteiger partial charge in [-0.05, 0) is 42.7 Å². The molecule has 2 N–H and O–H groups in total. The molecule has 0 radical (unpaired) electrons. The lowest BCUT2D eigenvalue weighted by atomic mass is 10.1. The number of nitrogens with one attached hydrogen (secondary N) is 2. The number of hydrogen-bond acceptors (Lipinski definition) is 5. The van der Waals surface area contributed by atoms with Crippen LogP contribution in [0.1, 0.15) is 19.4 Å². The second kappa shape index (κ2) is 7.94. The molecule has 0 saturated heterocycles. The molecule has 0 fully saturated rings. The number of aromatic nitrogens is 1. The molecule has 1 atom stereocenters. The molecule has 0 aliphatic carbocycles. The van der Waals surface area contributed by atoms with Gasteiger partial charge >= 0.3 is 0 Å². The summed E-state index contributed by atoms with van der Waals surface area (Å²) in [4.78, 5) is 16.6. The Morgan fingerprint density at radius 1 is 1.18 bits per heavy atom. The van der Waals surface area contributed by atoms with Crippen LogP contribution in [-0.4, -0.2) is 25.4 Å². The third-order valence-corrected chi connectivity index (χ3v) is 6.54. The standard InChI is InChI=1S/C19H20FN3O3S2/c1-11(2)17(23-28(25,26)16-7-5-4-6-13(16)20)18(24)22-19-21-14-9-8-12(3)10-15(14)27-19/h4-11,17,23H,1-3H3,(H,21,22,24)/t17-/m0/s1. The molecule has 148 valence electrons. The molecule has 0 aliphatic rings. The van der Waals surface area contributed by atoms with Crippen molar-refractivity contribution in [2.75, 3.05) is 5.32 Å². The van der Waals surface area contributed by atoms with Gasteiger partial charge in [0.05, 0.1) is 10.2 Å². The van der Waals surface area contributed by atoms with E-state index in [0.29, 0.717) is 5.13 Å². The lowest BCUT2D eigenvalue weighted by molar-refractivity contribution is -0.118. The quantitative estimate of drug-likeness (QED) is 0.635. The fourth-order valence-electron chi connectivity index (χ4n) is 2.65. The summed E-state index contributed by atoms with van der Waals surface area (Å²) in [5.41, 5.74) is 1.82. The molecule has 3 rings (SSSR count). The highest BCUT2D eigenvalue weighted by Crippen LogP contribution is 2.27. The molecule has 0 aliphatic heterocycles. The van der Waals surface area contributed by atoms with E-state index in [1.54, 1.807) is 13.8 Å². The van der Waals surface area contributed by atoms with Gasteiger partial charge in [0.2, 0.25) is 15.9 Å². The van der Waals surface area contributed by atoms with Crippen molar-refractivity contribution in [1.82, 2.24) is 9.71 Å². The Morgan fingerprint density at radius 3 is 2.57 bits per heavy atom. The Bertz CT molecular complexity index is 1130.